The van der Waals surface area contributed by atoms with Gasteiger partial charge in [-0.25, -0.2) is 0 Å². The lowest BCUT2D eigenvalue weighted by molar-refractivity contribution is -0.132. The average molecular weight is 191 g/mol. The Morgan fingerprint density at radius 1 is 1.64 bits per heavy atom. The molecule has 0 bridgehead atoms. The molecule has 0 aliphatic carbocycles. The van der Waals surface area contributed by atoms with Gasteiger partial charge in [0.25, 0.3) is 0 Å². The van der Waals surface area contributed by atoms with Crippen molar-refractivity contribution in [1.29, 1.82) is 10.5 Å². The third-order valence-electron chi connectivity index (χ3n) is 2.54. The van der Waals surface area contributed by atoms with Gasteiger partial charge in [-0.15, -0.1) is 0 Å². The minimum absolute atomic E-state index is 0.0462. The predicted octanol–water partition coefficient (Wildman–Crippen LogP) is 0.908. The van der Waals surface area contributed by atoms with Crippen LogP contribution in [0.1, 0.15) is 19.8 Å². The van der Waals surface area contributed by atoms with Gasteiger partial charge in [-0.1, -0.05) is 6.92 Å². The number of rotatable bonds is 2. The fraction of sp³-hybridized carbons (Fsp3) is 0.700. The number of carbonyl (C=O) groups excluding carboxylic acids is 1. The maximum Gasteiger partial charge on any atom is 0.239 e. The predicted molar refractivity (Wildman–Crippen MR) is 49.7 cm³/mol. The summed E-state index contributed by atoms with van der Waals surface area (Å²) in [5.41, 5.74) is 0. The van der Waals surface area contributed by atoms with Gasteiger partial charge >= 0.3 is 0 Å². The van der Waals surface area contributed by atoms with E-state index in [4.69, 9.17) is 10.5 Å². The summed E-state index contributed by atoms with van der Waals surface area (Å²) < 4.78 is 0. The molecule has 0 aromatic rings. The fourth-order valence-corrected chi connectivity index (χ4v) is 1.61. The van der Waals surface area contributed by atoms with Gasteiger partial charge in [-0.05, 0) is 12.8 Å². The molecule has 0 aromatic heterocycles. The van der Waals surface area contributed by atoms with Crippen molar-refractivity contribution in [3.05, 3.63) is 0 Å². The average Bonchev–Trinajstić information content (AvgIpc) is 2.67. The fourth-order valence-electron chi connectivity index (χ4n) is 1.61. The van der Waals surface area contributed by atoms with Crippen molar-refractivity contribution < 1.29 is 4.79 Å². The molecule has 0 spiro atoms. The molecule has 0 saturated carbocycles. The van der Waals surface area contributed by atoms with Crippen molar-refractivity contribution >= 4 is 5.91 Å². The van der Waals surface area contributed by atoms with Crippen LogP contribution in [-0.4, -0.2) is 23.9 Å². The highest BCUT2D eigenvalue weighted by Crippen LogP contribution is 2.18. The maximum atomic E-state index is 11.7. The Hall–Kier alpha value is -1.55. The zero-order valence-corrected chi connectivity index (χ0v) is 8.23. The summed E-state index contributed by atoms with van der Waals surface area (Å²) in [6.07, 6.45) is 1.28. The van der Waals surface area contributed by atoms with Gasteiger partial charge in [0.15, 0.2) is 0 Å². The molecule has 1 aliphatic heterocycles. The van der Waals surface area contributed by atoms with Gasteiger partial charge in [0.05, 0.1) is 18.1 Å². The standard InChI is InChI=1S/C10H13N3O/c1-2-9(6-12)10(14)13-4-3-8(5-11)7-13/h8-9H,2-4,7H2,1H3. The summed E-state index contributed by atoms with van der Waals surface area (Å²) in [4.78, 5) is 13.3. The molecule has 4 nitrogen and oxygen atoms in total. The molecule has 0 aromatic carbocycles. The molecule has 4 heteroatoms. The first kappa shape index (κ1) is 10.5. The van der Waals surface area contributed by atoms with E-state index in [0.717, 1.165) is 6.42 Å². The summed E-state index contributed by atoms with van der Waals surface area (Å²) in [7, 11) is 0. The van der Waals surface area contributed by atoms with Crippen molar-refractivity contribution in [3.8, 4) is 12.1 Å². The first-order valence-electron chi connectivity index (χ1n) is 4.81. The van der Waals surface area contributed by atoms with E-state index in [1.807, 2.05) is 13.0 Å². The monoisotopic (exact) mass is 191 g/mol. The summed E-state index contributed by atoms with van der Waals surface area (Å²) >= 11 is 0. The van der Waals surface area contributed by atoms with Crippen LogP contribution in [0.25, 0.3) is 0 Å². The first-order chi connectivity index (χ1) is 6.72. The van der Waals surface area contributed by atoms with E-state index in [0.29, 0.717) is 19.5 Å². The molecule has 14 heavy (non-hydrogen) atoms. The van der Waals surface area contributed by atoms with Crippen LogP contribution < -0.4 is 0 Å². The Kier molecular flexibility index (Phi) is 3.48. The van der Waals surface area contributed by atoms with E-state index in [1.165, 1.54) is 0 Å². The third kappa shape index (κ3) is 2.03. The van der Waals surface area contributed by atoms with Gasteiger partial charge in [0.1, 0.15) is 5.92 Å². The molecule has 1 aliphatic rings. The number of likely N-dealkylation sites (tertiary alicyclic amines) is 1. The quantitative estimate of drug-likeness (QED) is 0.651. The maximum absolute atomic E-state index is 11.7. The van der Waals surface area contributed by atoms with Crippen LogP contribution in [-0.2, 0) is 4.79 Å². The normalized spacial score (nSPS) is 22.5. The lowest BCUT2D eigenvalue weighted by Crippen LogP contribution is -2.33. The van der Waals surface area contributed by atoms with Gasteiger partial charge in [0.2, 0.25) is 5.91 Å². The smallest absolute Gasteiger partial charge is 0.239 e. The summed E-state index contributed by atoms with van der Waals surface area (Å²) in [5, 5.41) is 17.4. The molecule has 2 unspecified atom stereocenters. The number of nitrogens with zero attached hydrogens (tertiary/aromatic N) is 3. The molecule has 1 heterocycles. The summed E-state index contributed by atoms with van der Waals surface area (Å²) in [6, 6.07) is 4.13. The van der Waals surface area contributed by atoms with E-state index in [9.17, 15) is 4.79 Å². The largest absolute Gasteiger partial charge is 0.340 e. The van der Waals surface area contributed by atoms with Crippen LogP contribution in [0.2, 0.25) is 0 Å². The number of hydrogen-bond donors (Lipinski definition) is 0. The molecule has 0 radical (unpaired) electrons. The van der Waals surface area contributed by atoms with Crippen molar-refractivity contribution in [1.82, 2.24) is 4.90 Å². The van der Waals surface area contributed by atoms with Crippen LogP contribution in [0.3, 0.4) is 0 Å². The number of carbonyl (C=O) groups is 1. The topological polar surface area (TPSA) is 67.9 Å². The highest BCUT2D eigenvalue weighted by atomic mass is 16.2. The number of amides is 1. The van der Waals surface area contributed by atoms with E-state index in [-0.39, 0.29) is 11.8 Å². The van der Waals surface area contributed by atoms with Crippen molar-refractivity contribution in [2.24, 2.45) is 11.8 Å². The molecule has 1 saturated heterocycles. The molecule has 1 rings (SSSR count). The van der Waals surface area contributed by atoms with Crippen LogP contribution in [0.4, 0.5) is 0 Å². The highest BCUT2D eigenvalue weighted by Gasteiger charge is 2.29. The zero-order chi connectivity index (χ0) is 10.6. The van der Waals surface area contributed by atoms with E-state index >= 15 is 0 Å². The minimum Gasteiger partial charge on any atom is -0.340 e. The summed E-state index contributed by atoms with van der Waals surface area (Å²) in [6.45, 7) is 2.94. The SMILES string of the molecule is CCC(C#N)C(=O)N1CCC(C#N)C1. The van der Waals surface area contributed by atoms with Crippen LogP contribution in [0.15, 0.2) is 0 Å². The Balaban J connectivity index is 2.56. The second-order valence-electron chi connectivity index (χ2n) is 3.49. The van der Waals surface area contributed by atoms with E-state index in [2.05, 4.69) is 6.07 Å². The molecule has 0 N–H and O–H groups in total. The van der Waals surface area contributed by atoms with Crippen molar-refractivity contribution in [2.75, 3.05) is 13.1 Å². The van der Waals surface area contributed by atoms with Crippen LogP contribution >= 0.6 is 0 Å². The van der Waals surface area contributed by atoms with E-state index < -0.39 is 5.92 Å². The summed E-state index contributed by atoms with van der Waals surface area (Å²) in [5.74, 6) is -0.699. The Labute approximate surface area is 83.7 Å². The number of nitriles is 2. The van der Waals surface area contributed by atoms with Gasteiger partial charge in [-0.2, -0.15) is 10.5 Å². The van der Waals surface area contributed by atoms with Crippen molar-refractivity contribution in [3.63, 3.8) is 0 Å². The second kappa shape index (κ2) is 4.62. The molecular weight excluding hydrogens is 178 g/mol. The van der Waals surface area contributed by atoms with Gasteiger partial charge in [-0.3, -0.25) is 4.79 Å². The first-order valence-corrected chi connectivity index (χ1v) is 4.81. The molecule has 2 atom stereocenters. The Morgan fingerprint density at radius 2 is 2.36 bits per heavy atom. The number of hydrogen-bond acceptors (Lipinski definition) is 3. The lowest BCUT2D eigenvalue weighted by Gasteiger charge is -2.17. The Morgan fingerprint density at radius 3 is 2.79 bits per heavy atom. The minimum atomic E-state index is -0.535. The van der Waals surface area contributed by atoms with Crippen LogP contribution in [0.5, 0.6) is 0 Å². The van der Waals surface area contributed by atoms with Gasteiger partial charge < -0.3 is 4.90 Å². The third-order valence-corrected chi connectivity index (χ3v) is 2.54. The Bertz CT molecular complexity index is 299. The molecule has 74 valence electrons. The molecular formula is C10H13N3O. The molecule has 1 fully saturated rings. The van der Waals surface area contributed by atoms with E-state index in [1.54, 1.807) is 4.90 Å². The highest BCUT2D eigenvalue weighted by molar-refractivity contribution is 5.81. The van der Waals surface area contributed by atoms with Gasteiger partial charge in [0, 0.05) is 13.1 Å². The molecule has 1 amide bonds. The van der Waals surface area contributed by atoms with Crippen molar-refractivity contribution in [2.45, 2.75) is 19.8 Å². The zero-order valence-electron chi connectivity index (χ0n) is 8.23. The lowest BCUT2D eigenvalue weighted by atomic mass is 10.1. The second-order valence-corrected chi connectivity index (χ2v) is 3.49. The van der Waals surface area contributed by atoms with Crippen LogP contribution in [0, 0.1) is 34.5 Å².